The molecule has 1 aromatic heterocycles. The summed E-state index contributed by atoms with van der Waals surface area (Å²) < 4.78 is 80.4. The van der Waals surface area contributed by atoms with Crippen LogP contribution in [-0.2, 0) is 6.18 Å². The molecule has 0 aliphatic rings. The van der Waals surface area contributed by atoms with Gasteiger partial charge in [0.25, 0.3) is 0 Å². The minimum absolute atomic E-state index is 0.188. The van der Waals surface area contributed by atoms with Gasteiger partial charge in [0.2, 0.25) is 11.8 Å². The molecule has 1 heterocycles. The van der Waals surface area contributed by atoms with Crippen molar-refractivity contribution >= 4 is 11.6 Å². The van der Waals surface area contributed by atoms with Crippen molar-refractivity contribution in [3.63, 3.8) is 0 Å². The van der Waals surface area contributed by atoms with E-state index in [1.165, 1.54) is 4.90 Å². The second-order valence-electron chi connectivity index (χ2n) is 5.32. The zero-order valence-electron chi connectivity index (χ0n) is 13.8. The van der Waals surface area contributed by atoms with Crippen molar-refractivity contribution in [1.82, 2.24) is 9.97 Å². The highest BCUT2D eigenvalue weighted by atomic mass is 19.4. The Morgan fingerprint density at radius 1 is 1.08 bits per heavy atom. The van der Waals surface area contributed by atoms with Crippen molar-refractivity contribution in [2.45, 2.75) is 26.2 Å². The van der Waals surface area contributed by atoms with E-state index in [1.807, 2.05) is 0 Å². The second kappa shape index (κ2) is 7.38. The van der Waals surface area contributed by atoms with Crippen molar-refractivity contribution in [1.29, 1.82) is 0 Å². The molecule has 0 spiro atoms. The fraction of sp³-hybridized carbons (Fsp3) is 0.375. The van der Waals surface area contributed by atoms with Gasteiger partial charge in [-0.15, -0.1) is 0 Å². The lowest BCUT2D eigenvalue weighted by Crippen LogP contribution is -2.24. The van der Waals surface area contributed by atoms with E-state index in [-0.39, 0.29) is 12.5 Å². The van der Waals surface area contributed by atoms with Gasteiger partial charge in [0.05, 0.1) is 0 Å². The molecule has 2 rings (SSSR count). The summed E-state index contributed by atoms with van der Waals surface area (Å²) in [4.78, 5) is 8.76. The molecule has 1 aromatic carbocycles. The summed E-state index contributed by atoms with van der Waals surface area (Å²) in [5.74, 6) is -1.35. The number of benzene rings is 1. The predicted octanol–water partition coefficient (Wildman–Crippen LogP) is 4.90. The van der Waals surface area contributed by atoms with Crippen molar-refractivity contribution in [2.75, 3.05) is 18.1 Å². The van der Waals surface area contributed by atoms with Crippen LogP contribution in [0.4, 0.5) is 38.0 Å². The van der Waals surface area contributed by atoms with Crippen LogP contribution in [0.3, 0.4) is 0 Å². The lowest BCUT2D eigenvalue weighted by Gasteiger charge is -2.24. The van der Waals surface area contributed by atoms with Crippen LogP contribution in [-0.4, -0.2) is 29.3 Å². The van der Waals surface area contributed by atoms with Crippen LogP contribution < -0.4 is 9.64 Å². The number of aryl methyl sites for hydroxylation is 1. The summed E-state index contributed by atoms with van der Waals surface area (Å²) in [6, 6.07) is 6.98. The molecule has 0 saturated carbocycles. The number of anilines is 2. The first-order chi connectivity index (χ1) is 12.0. The molecule has 2 aromatic rings. The number of para-hydroxylation sites is 1. The monoisotopic (exact) mass is 379 g/mol. The van der Waals surface area contributed by atoms with Crippen molar-refractivity contribution in [2.24, 2.45) is 0 Å². The number of rotatable bonds is 5. The second-order valence-corrected chi connectivity index (χ2v) is 5.32. The van der Waals surface area contributed by atoms with Gasteiger partial charge in [0, 0.05) is 18.4 Å². The third kappa shape index (κ3) is 4.77. The standard InChI is InChI=1S/C16H15F6N3O/c1-3-25(12-7-5-4-6-10(12)2)14-23-8-11(16(20,21)22)13(24-14)26-9-15(17,18)19/h4-8H,3,9H2,1-2H3. The minimum atomic E-state index is -4.95. The SMILES string of the molecule is CCN(c1ncc(C(F)(F)F)c(OCC(F)(F)F)n1)c1ccccc1C. The summed E-state index contributed by atoms with van der Waals surface area (Å²) in [5, 5.41) is 0. The summed E-state index contributed by atoms with van der Waals surface area (Å²) in [7, 11) is 0. The van der Waals surface area contributed by atoms with E-state index in [2.05, 4.69) is 14.7 Å². The fourth-order valence-corrected chi connectivity index (χ4v) is 2.23. The Morgan fingerprint density at radius 3 is 2.27 bits per heavy atom. The lowest BCUT2D eigenvalue weighted by atomic mass is 10.2. The van der Waals surface area contributed by atoms with Gasteiger partial charge in [-0.2, -0.15) is 31.3 Å². The Kier molecular flexibility index (Phi) is 5.62. The largest absolute Gasteiger partial charge is 0.467 e. The molecule has 0 amide bonds. The smallest absolute Gasteiger partial charge is 0.423 e. The molecule has 0 bridgehead atoms. The molecule has 0 radical (unpaired) electrons. The first-order valence-corrected chi connectivity index (χ1v) is 7.50. The molecule has 0 saturated heterocycles. The van der Waals surface area contributed by atoms with Crippen LogP contribution in [0.5, 0.6) is 5.88 Å². The summed E-state index contributed by atoms with van der Waals surface area (Å²) in [5.41, 5.74) is -0.0431. The van der Waals surface area contributed by atoms with E-state index >= 15 is 0 Å². The fourth-order valence-electron chi connectivity index (χ4n) is 2.23. The number of halogens is 6. The molecule has 0 aliphatic carbocycles. The van der Waals surface area contributed by atoms with Crippen LogP contribution in [0, 0.1) is 6.92 Å². The highest BCUT2D eigenvalue weighted by Crippen LogP contribution is 2.37. The Balaban J connectivity index is 2.48. The number of hydrogen-bond donors (Lipinski definition) is 0. The van der Waals surface area contributed by atoms with Gasteiger partial charge in [-0.25, -0.2) is 4.98 Å². The van der Waals surface area contributed by atoms with E-state index in [4.69, 9.17) is 0 Å². The molecule has 0 fully saturated rings. The van der Waals surface area contributed by atoms with Gasteiger partial charge in [0.15, 0.2) is 6.61 Å². The van der Waals surface area contributed by atoms with Crippen LogP contribution in [0.2, 0.25) is 0 Å². The van der Waals surface area contributed by atoms with Gasteiger partial charge in [-0.3, -0.25) is 0 Å². The number of alkyl halides is 6. The highest BCUT2D eigenvalue weighted by Gasteiger charge is 2.38. The van der Waals surface area contributed by atoms with Gasteiger partial charge in [-0.1, -0.05) is 18.2 Å². The maximum Gasteiger partial charge on any atom is 0.423 e. The molecule has 0 atom stereocenters. The van der Waals surface area contributed by atoms with E-state index in [0.717, 1.165) is 5.56 Å². The average molecular weight is 379 g/mol. The van der Waals surface area contributed by atoms with E-state index in [0.29, 0.717) is 11.9 Å². The van der Waals surface area contributed by atoms with Crippen molar-refractivity contribution in [3.05, 3.63) is 41.6 Å². The Hall–Kier alpha value is -2.52. The van der Waals surface area contributed by atoms with Crippen LogP contribution in [0.15, 0.2) is 30.5 Å². The molecule has 0 aliphatic heterocycles. The lowest BCUT2D eigenvalue weighted by molar-refractivity contribution is -0.159. The number of nitrogens with zero attached hydrogens (tertiary/aromatic N) is 3. The predicted molar refractivity (Wildman–Crippen MR) is 82.4 cm³/mol. The summed E-state index contributed by atoms with van der Waals surface area (Å²) in [6.07, 6.45) is -9.32. The Morgan fingerprint density at radius 2 is 1.73 bits per heavy atom. The third-order valence-electron chi connectivity index (χ3n) is 3.38. The quantitative estimate of drug-likeness (QED) is 0.693. The van der Waals surface area contributed by atoms with Gasteiger partial charge in [-0.05, 0) is 25.5 Å². The maximum absolute atomic E-state index is 13.0. The molecular formula is C16H15F6N3O. The minimum Gasteiger partial charge on any atom is -0.467 e. The topological polar surface area (TPSA) is 38.2 Å². The summed E-state index contributed by atoms with van der Waals surface area (Å²) in [6.45, 7) is 1.89. The van der Waals surface area contributed by atoms with Crippen molar-refractivity contribution < 1.29 is 31.1 Å². The molecular weight excluding hydrogens is 364 g/mol. The third-order valence-corrected chi connectivity index (χ3v) is 3.38. The average Bonchev–Trinajstić information content (AvgIpc) is 2.54. The number of ether oxygens (including phenoxy) is 1. The first kappa shape index (κ1) is 19.8. The van der Waals surface area contributed by atoms with E-state index in [9.17, 15) is 26.3 Å². The number of aromatic nitrogens is 2. The normalized spacial score (nSPS) is 12.2. The Labute approximate surface area is 145 Å². The molecule has 0 N–H and O–H groups in total. The van der Waals surface area contributed by atoms with Crippen LogP contribution >= 0.6 is 0 Å². The van der Waals surface area contributed by atoms with Crippen LogP contribution in [0.25, 0.3) is 0 Å². The molecule has 26 heavy (non-hydrogen) atoms. The highest BCUT2D eigenvalue weighted by molar-refractivity contribution is 5.61. The number of hydrogen-bond acceptors (Lipinski definition) is 4. The summed E-state index contributed by atoms with van der Waals surface area (Å²) >= 11 is 0. The molecule has 0 unspecified atom stereocenters. The zero-order valence-corrected chi connectivity index (χ0v) is 13.8. The van der Waals surface area contributed by atoms with Crippen LogP contribution in [0.1, 0.15) is 18.1 Å². The van der Waals surface area contributed by atoms with Gasteiger partial charge >= 0.3 is 12.4 Å². The molecule has 10 heteroatoms. The van der Waals surface area contributed by atoms with Gasteiger partial charge in [0.1, 0.15) is 5.56 Å². The van der Waals surface area contributed by atoms with E-state index < -0.39 is 30.4 Å². The van der Waals surface area contributed by atoms with Crippen molar-refractivity contribution in [3.8, 4) is 5.88 Å². The molecule has 142 valence electrons. The van der Waals surface area contributed by atoms with E-state index in [1.54, 1.807) is 38.1 Å². The Bertz CT molecular complexity index is 760. The first-order valence-electron chi connectivity index (χ1n) is 7.50. The van der Waals surface area contributed by atoms with Gasteiger partial charge < -0.3 is 9.64 Å². The zero-order chi connectivity index (χ0) is 19.5. The maximum atomic E-state index is 13.0. The molecule has 4 nitrogen and oxygen atoms in total.